The summed E-state index contributed by atoms with van der Waals surface area (Å²) in [5.41, 5.74) is 3.26. The zero-order valence-corrected chi connectivity index (χ0v) is 15.6. The van der Waals surface area contributed by atoms with E-state index in [0.717, 1.165) is 23.2 Å². The van der Waals surface area contributed by atoms with Crippen molar-refractivity contribution in [3.05, 3.63) is 70.9 Å². The summed E-state index contributed by atoms with van der Waals surface area (Å²) < 4.78 is 5.74. The number of para-hydroxylation sites is 2. The summed E-state index contributed by atoms with van der Waals surface area (Å²) >= 11 is 6.03. The third-order valence-electron chi connectivity index (χ3n) is 5.01. The molecule has 0 spiro atoms. The van der Waals surface area contributed by atoms with Crippen LogP contribution in [0.15, 0.2) is 69.7 Å². The van der Waals surface area contributed by atoms with Crippen molar-refractivity contribution in [2.24, 2.45) is 10.9 Å². The molecule has 0 radical (unpaired) electrons. The summed E-state index contributed by atoms with van der Waals surface area (Å²) in [5, 5.41) is 7.01. The van der Waals surface area contributed by atoms with E-state index in [9.17, 15) is 4.79 Å². The number of carbonyl (C=O) groups excluding carboxylic acids is 1. The molecule has 6 nitrogen and oxygen atoms in total. The fourth-order valence-corrected chi connectivity index (χ4v) is 3.83. The van der Waals surface area contributed by atoms with Crippen LogP contribution in [-0.4, -0.2) is 16.7 Å². The van der Waals surface area contributed by atoms with E-state index >= 15 is 0 Å². The minimum absolute atomic E-state index is 0.189. The van der Waals surface area contributed by atoms with E-state index in [1.54, 1.807) is 0 Å². The van der Waals surface area contributed by atoms with Crippen LogP contribution in [0, 0.1) is 5.92 Å². The van der Waals surface area contributed by atoms with Gasteiger partial charge in [-0.25, -0.2) is 4.99 Å². The number of benzene rings is 2. The van der Waals surface area contributed by atoms with Crippen LogP contribution in [0.1, 0.15) is 24.4 Å². The Balaban J connectivity index is 1.52. The number of aromatic nitrogens is 1. The van der Waals surface area contributed by atoms with Crippen LogP contribution >= 0.6 is 11.6 Å². The highest BCUT2D eigenvalue weighted by atomic mass is 35.5. The van der Waals surface area contributed by atoms with Crippen molar-refractivity contribution < 1.29 is 9.21 Å². The number of fused-ring (bicyclic) bond motifs is 2. The third-order valence-corrected chi connectivity index (χ3v) is 5.27. The van der Waals surface area contributed by atoms with Gasteiger partial charge in [0.05, 0.1) is 12.0 Å². The average molecular weight is 393 g/mol. The normalized spacial score (nSPS) is 21.5. The van der Waals surface area contributed by atoms with Crippen LogP contribution in [0.4, 0.5) is 6.01 Å². The maximum absolute atomic E-state index is 12.6. The molecule has 5 rings (SSSR count). The molecule has 7 heteroatoms. The molecule has 1 aliphatic carbocycles. The number of aliphatic imine (C=N–C) groups is 1. The average Bonchev–Trinajstić information content (AvgIpc) is 3.10. The molecule has 2 atom stereocenters. The van der Waals surface area contributed by atoms with Crippen LogP contribution < -0.4 is 10.6 Å². The number of guanidine groups is 1. The van der Waals surface area contributed by atoms with Crippen LogP contribution in [-0.2, 0) is 4.79 Å². The number of allylic oxidation sites excluding steroid dienone is 1. The first kappa shape index (κ1) is 17.0. The standard InChI is InChI=1S/C21H17ClN4O2/c22-13-10-8-12(9-11-13)19-18-15(5-3-6-16(18)27)23-20(25-19)26-21-24-14-4-1-2-7-17(14)28-21/h1-2,4-5,7-11,18-19H,3,6H2,(H2,23,24,25,26)/t18-,19-/m0/s1. The van der Waals surface area contributed by atoms with Gasteiger partial charge in [0.25, 0.3) is 0 Å². The Morgan fingerprint density at radius 3 is 2.79 bits per heavy atom. The van der Waals surface area contributed by atoms with Crippen molar-refractivity contribution in [1.82, 2.24) is 10.3 Å². The second-order valence-corrected chi connectivity index (χ2v) is 7.29. The minimum atomic E-state index is -0.329. The fraction of sp³-hybridized carbons (Fsp3) is 0.190. The van der Waals surface area contributed by atoms with Crippen molar-refractivity contribution in [1.29, 1.82) is 0 Å². The molecular weight excluding hydrogens is 376 g/mol. The van der Waals surface area contributed by atoms with Crippen molar-refractivity contribution in [2.75, 3.05) is 5.32 Å². The Morgan fingerprint density at radius 2 is 1.96 bits per heavy atom. The summed E-state index contributed by atoms with van der Waals surface area (Å²) in [6, 6.07) is 15.0. The fourth-order valence-electron chi connectivity index (χ4n) is 3.70. The summed E-state index contributed by atoms with van der Waals surface area (Å²) in [4.78, 5) is 21.8. The molecule has 2 aliphatic rings. The van der Waals surface area contributed by atoms with Gasteiger partial charge in [0, 0.05) is 17.1 Å². The zero-order chi connectivity index (χ0) is 19.1. The van der Waals surface area contributed by atoms with Crippen LogP contribution in [0.25, 0.3) is 11.1 Å². The first-order valence-electron chi connectivity index (χ1n) is 9.13. The number of nitrogens with one attached hydrogen (secondary N) is 2. The zero-order valence-electron chi connectivity index (χ0n) is 14.9. The van der Waals surface area contributed by atoms with Gasteiger partial charge in [-0.05, 0) is 36.2 Å². The van der Waals surface area contributed by atoms with Crippen LogP contribution in [0.3, 0.4) is 0 Å². The maximum atomic E-state index is 12.6. The summed E-state index contributed by atoms with van der Waals surface area (Å²) in [6.07, 6.45) is 3.32. The molecule has 0 bridgehead atoms. The van der Waals surface area contributed by atoms with Crippen LogP contribution in [0.2, 0.25) is 5.02 Å². The predicted octanol–water partition coefficient (Wildman–Crippen LogP) is 4.46. The van der Waals surface area contributed by atoms with E-state index < -0.39 is 0 Å². The molecule has 3 aromatic rings. The Labute approximate surface area is 166 Å². The van der Waals surface area contributed by atoms with Gasteiger partial charge in [-0.15, -0.1) is 0 Å². The van der Waals surface area contributed by atoms with Gasteiger partial charge >= 0.3 is 6.01 Å². The molecule has 2 N–H and O–H groups in total. The summed E-state index contributed by atoms with van der Waals surface area (Å²) in [5.74, 6) is 0.377. The number of hydrogen-bond donors (Lipinski definition) is 2. The molecule has 0 saturated heterocycles. The highest BCUT2D eigenvalue weighted by Crippen LogP contribution is 2.38. The second-order valence-electron chi connectivity index (χ2n) is 6.85. The molecule has 2 aromatic carbocycles. The van der Waals surface area contributed by atoms with Crippen molar-refractivity contribution >= 4 is 40.5 Å². The number of Topliss-reactive ketones (excluding diaryl/α,β-unsaturated/α-hetero) is 1. The first-order chi connectivity index (χ1) is 13.7. The van der Waals surface area contributed by atoms with Gasteiger partial charge in [-0.1, -0.05) is 41.9 Å². The largest absolute Gasteiger partial charge is 0.423 e. The third kappa shape index (κ3) is 3.05. The lowest BCUT2D eigenvalue weighted by atomic mass is 9.81. The lowest BCUT2D eigenvalue weighted by Gasteiger charge is -2.34. The molecule has 140 valence electrons. The lowest BCUT2D eigenvalue weighted by molar-refractivity contribution is -0.122. The molecule has 0 saturated carbocycles. The van der Waals surface area contributed by atoms with E-state index in [4.69, 9.17) is 21.0 Å². The van der Waals surface area contributed by atoms with E-state index in [-0.39, 0.29) is 17.7 Å². The molecule has 0 unspecified atom stereocenters. The lowest BCUT2D eigenvalue weighted by Crippen LogP contribution is -2.43. The summed E-state index contributed by atoms with van der Waals surface area (Å²) in [6.45, 7) is 0. The number of ketones is 1. The van der Waals surface area contributed by atoms with E-state index in [1.165, 1.54) is 0 Å². The van der Waals surface area contributed by atoms with Gasteiger partial charge in [0.2, 0.25) is 5.96 Å². The van der Waals surface area contributed by atoms with Crippen LogP contribution in [0.5, 0.6) is 0 Å². The smallest absolute Gasteiger partial charge is 0.302 e. The molecule has 2 heterocycles. The number of nitrogens with zero attached hydrogens (tertiary/aromatic N) is 2. The van der Waals surface area contributed by atoms with Gasteiger partial charge in [0.1, 0.15) is 11.3 Å². The molecule has 0 fully saturated rings. The van der Waals surface area contributed by atoms with E-state index in [2.05, 4.69) is 21.7 Å². The number of rotatable bonds is 2. The van der Waals surface area contributed by atoms with Crippen molar-refractivity contribution in [3.8, 4) is 0 Å². The van der Waals surface area contributed by atoms with Gasteiger partial charge in [-0.3, -0.25) is 10.1 Å². The maximum Gasteiger partial charge on any atom is 0.302 e. The van der Waals surface area contributed by atoms with E-state index in [0.29, 0.717) is 29.0 Å². The minimum Gasteiger partial charge on any atom is -0.423 e. The topological polar surface area (TPSA) is 79.5 Å². The number of oxazole rings is 1. The Hall–Kier alpha value is -3.12. The first-order valence-corrected chi connectivity index (χ1v) is 9.51. The number of hydrogen-bond acceptors (Lipinski definition) is 6. The predicted molar refractivity (Wildman–Crippen MR) is 108 cm³/mol. The molecule has 0 amide bonds. The van der Waals surface area contributed by atoms with Gasteiger partial charge in [-0.2, -0.15) is 4.98 Å². The second kappa shape index (κ2) is 6.80. The summed E-state index contributed by atoms with van der Waals surface area (Å²) in [7, 11) is 0. The molecular formula is C21H17ClN4O2. The van der Waals surface area contributed by atoms with Gasteiger partial charge in [0.15, 0.2) is 5.58 Å². The highest BCUT2D eigenvalue weighted by Gasteiger charge is 2.38. The van der Waals surface area contributed by atoms with Gasteiger partial charge < -0.3 is 9.73 Å². The number of halogens is 1. The Morgan fingerprint density at radius 1 is 1.14 bits per heavy atom. The number of anilines is 1. The molecule has 1 aliphatic heterocycles. The molecule has 28 heavy (non-hydrogen) atoms. The quantitative estimate of drug-likeness (QED) is 0.673. The number of carbonyl (C=O) groups is 1. The van der Waals surface area contributed by atoms with E-state index in [1.807, 2.05) is 48.5 Å². The monoisotopic (exact) mass is 392 g/mol. The van der Waals surface area contributed by atoms with Crippen molar-refractivity contribution in [2.45, 2.75) is 18.9 Å². The Bertz CT molecular complexity index is 1080. The highest BCUT2D eigenvalue weighted by molar-refractivity contribution is 6.30. The Kier molecular flexibility index (Phi) is 4.13. The molecule has 1 aromatic heterocycles. The SMILES string of the molecule is O=C1CCC=C2NC(Nc3nc4ccccc4o3)=N[C@@H](c3ccc(Cl)cc3)[C@H]12. The van der Waals surface area contributed by atoms with Crippen molar-refractivity contribution in [3.63, 3.8) is 0 Å².